The lowest BCUT2D eigenvalue weighted by atomic mass is 9.90. The van der Waals surface area contributed by atoms with Crippen LogP contribution in [-0.4, -0.2) is 36.0 Å². The van der Waals surface area contributed by atoms with Crippen molar-refractivity contribution in [3.8, 4) is 5.75 Å². The molecule has 4 heteroatoms. The number of benzene rings is 1. The first-order valence-corrected chi connectivity index (χ1v) is 7.89. The first-order valence-electron chi connectivity index (χ1n) is 7.89. The number of amides is 1. The van der Waals surface area contributed by atoms with Gasteiger partial charge in [0.25, 0.3) is 5.91 Å². The van der Waals surface area contributed by atoms with Gasteiger partial charge in [0.1, 0.15) is 5.75 Å². The van der Waals surface area contributed by atoms with E-state index in [-0.39, 0.29) is 12.0 Å². The number of carbonyl (C=O) groups excluding carboxylic acids is 1. The Morgan fingerprint density at radius 2 is 2.19 bits per heavy atom. The molecule has 0 spiro atoms. The molecule has 2 N–H and O–H groups in total. The highest BCUT2D eigenvalue weighted by Crippen LogP contribution is 2.27. The molecule has 1 aromatic rings. The average Bonchev–Trinajstić information content (AvgIpc) is 2.40. The summed E-state index contributed by atoms with van der Waals surface area (Å²) < 4.78 is 5.68. The molecule has 0 aromatic heterocycles. The van der Waals surface area contributed by atoms with Gasteiger partial charge < -0.3 is 15.4 Å². The second kappa shape index (κ2) is 7.46. The van der Waals surface area contributed by atoms with Crippen LogP contribution in [0, 0.1) is 0 Å². The van der Waals surface area contributed by atoms with Gasteiger partial charge in [-0.2, -0.15) is 0 Å². The molecule has 1 aliphatic rings. The second-order valence-corrected chi connectivity index (χ2v) is 5.92. The zero-order chi connectivity index (χ0) is 15.2. The molecule has 0 radical (unpaired) electrons. The molecule has 0 bridgehead atoms. The first kappa shape index (κ1) is 15.8. The lowest BCUT2D eigenvalue weighted by molar-refractivity contribution is 0.0578. The molecule has 1 amide bonds. The third kappa shape index (κ3) is 4.21. The summed E-state index contributed by atoms with van der Waals surface area (Å²) in [6.45, 7) is 5.33. The molecule has 0 atom stereocenters. The van der Waals surface area contributed by atoms with Gasteiger partial charge in [-0.05, 0) is 64.3 Å². The Labute approximate surface area is 127 Å². The SMILES string of the molecule is CC(C)Oc1cccc(C(=O)N(CCCN)C2CCC2)c1. The average molecular weight is 290 g/mol. The van der Waals surface area contributed by atoms with Crippen molar-refractivity contribution in [3.05, 3.63) is 29.8 Å². The van der Waals surface area contributed by atoms with Gasteiger partial charge >= 0.3 is 0 Å². The van der Waals surface area contributed by atoms with Crippen molar-refractivity contribution in [1.29, 1.82) is 0 Å². The molecule has 1 aliphatic carbocycles. The van der Waals surface area contributed by atoms with Crippen molar-refractivity contribution in [2.45, 2.75) is 51.7 Å². The van der Waals surface area contributed by atoms with Crippen molar-refractivity contribution in [1.82, 2.24) is 4.90 Å². The molecular weight excluding hydrogens is 264 g/mol. The summed E-state index contributed by atoms with van der Waals surface area (Å²) in [7, 11) is 0. The molecule has 0 heterocycles. The first-order chi connectivity index (χ1) is 10.1. The van der Waals surface area contributed by atoms with Gasteiger partial charge in [0.05, 0.1) is 6.10 Å². The Kier molecular flexibility index (Phi) is 5.62. The van der Waals surface area contributed by atoms with E-state index in [0.29, 0.717) is 18.2 Å². The second-order valence-electron chi connectivity index (χ2n) is 5.92. The number of rotatable bonds is 7. The van der Waals surface area contributed by atoms with E-state index in [1.54, 1.807) is 0 Å². The van der Waals surface area contributed by atoms with Crippen LogP contribution in [0.3, 0.4) is 0 Å². The Morgan fingerprint density at radius 1 is 1.43 bits per heavy atom. The minimum Gasteiger partial charge on any atom is -0.491 e. The van der Waals surface area contributed by atoms with Crippen molar-refractivity contribution in [2.24, 2.45) is 5.73 Å². The van der Waals surface area contributed by atoms with Gasteiger partial charge in [-0.1, -0.05) is 6.07 Å². The van der Waals surface area contributed by atoms with Gasteiger partial charge in [-0.25, -0.2) is 0 Å². The molecule has 1 aromatic carbocycles. The maximum Gasteiger partial charge on any atom is 0.254 e. The molecule has 1 fully saturated rings. The van der Waals surface area contributed by atoms with E-state index < -0.39 is 0 Å². The summed E-state index contributed by atoms with van der Waals surface area (Å²) in [5.74, 6) is 0.852. The van der Waals surface area contributed by atoms with Crippen molar-refractivity contribution >= 4 is 5.91 Å². The van der Waals surface area contributed by atoms with Gasteiger partial charge in [0.2, 0.25) is 0 Å². The van der Waals surface area contributed by atoms with Crippen LogP contribution in [0.25, 0.3) is 0 Å². The predicted octanol–water partition coefficient (Wildman–Crippen LogP) is 2.82. The summed E-state index contributed by atoms with van der Waals surface area (Å²) in [6.07, 6.45) is 4.39. The molecule has 0 aliphatic heterocycles. The van der Waals surface area contributed by atoms with Crippen molar-refractivity contribution in [2.75, 3.05) is 13.1 Å². The number of nitrogens with zero attached hydrogens (tertiary/aromatic N) is 1. The number of carbonyl (C=O) groups is 1. The van der Waals surface area contributed by atoms with E-state index >= 15 is 0 Å². The van der Waals surface area contributed by atoms with Crippen molar-refractivity contribution < 1.29 is 9.53 Å². The van der Waals surface area contributed by atoms with E-state index in [2.05, 4.69) is 0 Å². The molecule has 116 valence electrons. The van der Waals surface area contributed by atoms with Crippen LogP contribution < -0.4 is 10.5 Å². The van der Waals surface area contributed by atoms with Crippen LogP contribution in [0.15, 0.2) is 24.3 Å². The van der Waals surface area contributed by atoms with Crippen LogP contribution in [0.5, 0.6) is 5.75 Å². The number of ether oxygens (including phenoxy) is 1. The minimum absolute atomic E-state index is 0.0994. The third-order valence-corrected chi connectivity index (χ3v) is 3.83. The Morgan fingerprint density at radius 3 is 2.76 bits per heavy atom. The zero-order valence-corrected chi connectivity index (χ0v) is 13.0. The summed E-state index contributed by atoms with van der Waals surface area (Å²) >= 11 is 0. The number of nitrogens with two attached hydrogens (primary N) is 1. The number of hydrogen-bond donors (Lipinski definition) is 1. The van der Waals surface area contributed by atoms with Crippen LogP contribution >= 0.6 is 0 Å². The van der Waals surface area contributed by atoms with Crippen LogP contribution in [0.2, 0.25) is 0 Å². The Bertz CT molecular complexity index is 470. The maximum atomic E-state index is 12.8. The molecule has 1 saturated carbocycles. The summed E-state index contributed by atoms with van der Waals surface area (Å²) in [5.41, 5.74) is 6.30. The van der Waals surface area contributed by atoms with Crippen LogP contribution in [0.1, 0.15) is 49.9 Å². The monoisotopic (exact) mass is 290 g/mol. The fraction of sp³-hybridized carbons (Fsp3) is 0.588. The fourth-order valence-corrected chi connectivity index (χ4v) is 2.55. The maximum absolute atomic E-state index is 12.8. The predicted molar refractivity (Wildman–Crippen MR) is 84.6 cm³/mol. The third-order valence-electron chi connectivity index (χ3n) is 3.83. The minimum atomic E-state index is 0.0994. The van der Waals surface area contributed by atoms with Gasteiger partial charge in [0, 0.05) is 18.2 Å². The normalized spacial score (nSPS) is 14.9. The smallest absolute Gasteiger partial charge is 0.254 e. The lowest BCUT2D eigenvalue weighted by Crippen LogP contribution is -2.45. The van der Waals surface area contributed by atoms with E-state index in [1.807, 2.05) is 43.0 Å². The molecule has 2 rings (SSSR count). The molecule has 0 unspecified atom stereocenters. The molecule has 4 nitrogen and oxygen atoms in total. The Balaban J connectivity index is 2.11. The molecular formula is C17H26N2O2. The van der Waals surface area contributed by atoms with Crippen LogP contribution in [-0.2, 0) is 0 Å². The highest BCUT2D eigenvalue weighted by atomic mass is 16.5. The largest absolute Gasteiger partial charge is 0.491 e. The fourth-order valence-electron chi connectivity index (χ4n) is 2.55. The summed E-state index contributed by atoms with van der Waals surface area (Å²) in [5, 5.41) is 0. The van der Waals surface area contributed by atoms with Crippen molar-refractivity contribution in [3.63, 3.8) is 0 Å². The lowest BCUT2D eigenvalue weighted by Gasteiger charge is -2.37. The highest BCUT2D eigenvalue weighted by molar-refractivity contribution is 5.94. The van der Waals surface area contributed by atoms with Gasteiger partial charge in [0.15, 0.2) is 0 Å². The number of hydrogen-bond acceptors (Lipinski definition) is 3. The zero-order valence-electron chi connectivity index (χ0n) is 13.0. The summed E-state index contributed by atoms with van der Waals surface area (Å²) in [4.78, 5) is 14.7. The van der Waals surface area contributed by atoms with E-state index in [1.165, 1.54) is 6.42 Å². The molecule has 0 saturated heterocycles. The van der Waals surface area contributed by atoms with E-state index in [4.69, 9.17) is 10.5 Å². The molecule has 21 heavy (non-hydrogen) atoms. The van der Waals surface area contributed by atoms with E-state index in [9.17, 15) is 4.79 Å². The quantitative estimate of drug-likeness (QED) is 0.840. The Hall–Kier alpha value is -1.55. The standard InChI is InChI=1S/C17H26N2O2/c1-13(2)21-16-9-3-6-14(12-16)17(20)19(11-5-10-18)15-7-4-8-15/h3,6,9,12-13,15H,4-5,7-8,10-11,18H2,1-2H3. The van der Waals surface area contributed by atoms with Crippen LogP contribution in [0.4, 0.5) is 0 Å². The topological polar surface area (TPSA) is 55.6 Å². The van der Waals surface area contributed by atoms with Gasteiger partial charge in [-0.15, -0.1) is 0 Å². The highest BCUT2D eigenvalue weighted by Gasteiger charge is 2.29. The van der Waals surface area contributed by atoms with Gasteiger partial charge in [-0.3, -0.25) is 4.79 Å². The summed E-state index contributed by atoms with van der Waals surface area (Å²) in [6, 6.07) is 7.87. The van der Waals surface area contributed by atoms with E-state index in [0.717, 1.165) is 31.6 Å².